The van der Waals surface area contributed by atoms with Crippen molar-refractivity contribution in [1.29, 1.82) is 0 Å². The van der Waals surface area contributed by atoms with Gasteiger partial charge in [0.2, 0.25) is 0 Å². The van der Waals surface area contributed by atoms with E-state index in [9.17, 15) is 4.79 Å². The van der Waals surface area contributed by atoms with E-state index in [4.69, 9.17) is 0 Å². The van der Waals surface area contributed by atoms with Crippen LogP contribution in [0.2, 0.25) is 0 Å². The molecule has 0 aliphatic rings. The van der Waals surface area contributed by atoms with Crippen LogP contribution in [-0.2, 0) is 13.5 Å². The zero-order chi connectivity index (χ0) is 17.1. The normalized spacial score (nSPS) is 11.3. The summed E-state index contributed by atoms with van der Waals surface area (Å²) in [7, 11) is 1.88. The van der Waals surface area contributed by atoms with Gasteiger partial charge in [0, 0.05) is 31.1 Å². The molecule has 2 aromatic rings. The number of aromatic nitrogens is 3. The lowest BCUT2D eigenvalue weighted by atomic mass is 10.0. The van der Waals surface area contributed by atoms with Crippen molar-refractivity contribution >= 4 is 5.91 Å². The maximum Gasteiger partial charge on any atom is 0.255 e. The first-order chi connectivity index (χ1) is 10.9. The van der Waals surface area contributed by atoms with Crippen molar-refractivity contribution in [3.05, 3.63) is 35.7 Å². The minimum absolute atomic E-state index is 0.0242. The Morgan fingerprint density at radius 3 is 2.30 bits per heavy atom. The molecule has 0 saturated heterocycles. The number of carbonyl (C=O) groups is 1. The highest BCUT2D eigenvalue weighted by Crippen LogP contribution is 2.24. The number of rotatable bonds is 5. The minimum Gasteiger partial charge on any atom is -0.334 e. The highest BCUT2D eigenvalue weighted by Gasteiger charge is 2.25. The van der Waals surface area contributed by atoms with Crippen molar-refractivity contribution in [3.63, 3.8) is 0 Å². The van der Waals surface area contributed by atoms with Crippen molar-refractivity contribution in [2.24, 2.45) is 7.05 Å². The Labute approximate surface area is 138 Å². The quantitative estimate of drug-likeness (QED) is 0.851. The molecule has 0 spiro atoms. The molecule has 1 amide bonds. The second-order valence-corrected chi connectivity index (χ2v) is 6.27. The van der Waals surface area contributed by atoms with Gasteiger partial charge in [-0.3, -0.25) is 9.48 Å². The second kappa shape index (κ2) is 6.94. The number of benzene rings is 1. The summed E-state index contributed by atoms with van der Waals surface area (Å²) in [4.78, 5) is 19.5. The number of amides is 1. The predicted octanol–water partition coefficient (Wildman–Crippen LogP) is 3.30. The highest BCUT2D eigenvalue weighted by molar-refractivity contribution is 6.00. The molecule has 0 radical (unpaired) electrons. The van der Waals surface area contributed by atoms with E-state index in [-0.39, 0.29) is 18.0 Å². The first-order valence-electron chi connectivity index (χ1n) is 8.18. The lowest BCUT2D eigenvalue weighted by molar-refractivity contribution is 0.0644. The van der Waals surface area contributed by atoms with Gasteiger partial charge in [0.15, 0.2) is 5.82 Å². The molecule has 0 bridgehead atoms. The van der Waals surface area contributed by atoms with Crippen LogP contribution in [0.15, 0.2) is 24.3 Å². The maximum atomic E-state index is 13.0. The molecule has 0 atom stereocenters. The number of hydrogen-bond acceptors (Lipinski definition) is 3. The standard InChI is InChI=1S/C18H26N4O/c1-7-16-19-17(20-21(16)6)14-10-8-9-11-15(14)18(23)22(12(2)3)13(4)5/h8-13H,7H2,1-6H3. The largest absolute Gasteiger partial charge is 0.334 e. The van der Waals surface area contributed by atoms with Gasteiger partial charge in [0.05, 0.1) is 5.56 Å². The molecule has 1 heterocycles. The molecule has 1 aromatic heterocycles. The Kier molecular flexibility index (Phi) is 5.19. The molecule has 0 aliphatic carbocycles. The van der Waals surface area contributed by atoms with Crippen molar-refractivity contribution in [3.8, 4) is 11.4 Å². The lowest BCUT2D eigenvalue weighted by Crippen LogP contribution is -2.42. The Bertz CT molecular complexity index is 680. The Balaban J connectivity index is 2.50. The summed E-state index contributed by atoms with van der Waals surface area (Å²) in [6.07, 6.45) is 0.809. The van der Waals surface area contributed by atoms with Crippen LogP contribution in [0.1, 0.15) is 50.8 Å². The molecule has 2 rings (SSSR count). The summed E-state index contributed by atoms with van der Waals surface area (Å²) in [5.74, 6) is 1.55. The summed E-state index contributed by atoms with van der Waals surface area (Å²) in [5, 5.41) is 4.48. The van der Waals surface area contributed by atoms with Crippen molar-refractivity contribution < 1.29 is 4.79 Å². The number of hydrogen-bond donors (Lipinski definition) is 0. The Hall–Kier alpha value is -2.17. The zero-order valence-corrected chi connectivity index (χ0v) is 14.9. The van der Waals surface area contributed by atoms with Crippen LogP contribution in [0.4, 0.5) is 0 Å². The first kappa shape index (κ1) is 17.2. The van der Waals surface area contributed by atoms with Crippen LogP contribution < -0.4 is 0 Å². The molecule has 124 valence electrons. The summed E-state index contributed by atoms with van der Waals surface area (Å²) < 4.78 is 1.78. The number of carbonyl (C=O) groups excluding carboxylic acids is 1. The van der Waals surface area contributed by atoms with E-state index in [1.165, 1.54) is 0 Å². The van der Waals surface area contributed by atoms with E-state index in [2.05, 4.69) is 10.1 Å². The first-order valence-corrected chi connectivity index (χ1v) is 8.18. The van der Waals surface area contributed by atoms with Crippen LogP contribution in [0.5, 0.6) is 0 Å². The number of aryl methyl sites for hydroxylation is 2. The summed E-state index contributed by atoms with van der Waals surface area (Å²) in [6.45, 7) is 10.2. The fourth-order valence-corrected chi connectivity index (χ4v) is 2.91. The molecule has 0 saturated carbocycles. The van der Waals surface area contributed by atoms with E-state index >= 15 is 0 Å². The van der Waals surface area contributed by atoms with E-state index in [1.54, 1.807) is 4.68 Å². The molecular formula is C18H26N4O. The van der Waals surface area contributed by atoms with Crippen LogP contribution >= 0.6 is 0 Å². The lowest BCUT2D eigenvalue weighted by Gasteiger charge is -2.31. The highest BCUT2D eigenvalue weighted by atomic mass is 16.2. The fourth-order valence-electron chi connectivity index (χ4n) is 2.91. The monoisotopic (exact) mass is 314 g/mol. The molecule has 23 heavy (non-hydrogen) atoms. The van der Waals surface area contributed by atoms with Crippen LogP contribution in [0.25, 0.3) is 11.4 Å². The Morgan fingerprint density at radius 2 is 1.78 bits per heavy atom. The Morgan fingerprint density at radius 1 is 1.17 bits per heavy atom. The number of nitrogens with zero attached hydrogens (tertiary/aromatic N) is 4. The average molecular weight is 314 g/mol. The van der Waals surface area contributed by atoms with Crippen molar-refractivity contribution in [2.45, 2.75) is 53.1 Å². The van der Waals surface area contributed by atoms with E-state index in [1.807, 2.05) is 70.8 Å². The van der Waals surface area contributed by atoms with Gasteiger partial charge in [-0.25, -0.2) is 4.98 Å². The molecule has 0 fully saturated rings. The van der Waals surface area contributed by atoms with Gasteiger partial charge in [-0.05, 0) is 33.8 Å². The van der Waals surface area contributed by atoms with Gasteiger partial charge in [0.1, 0.15) is 5.82 Å². The van der Waals surface area contributed by atoms with Crippen LogP contribution in [0.3, 0.4) is 0 Å². The molecule has 0 N–H and O–H groups in total. The molecular weight excluding hydrogens is 288 g/mol. The van der Waals surface area contributed by atoms with Gasteiger partial charge < -0.3 is 4.90 Å². The summed E-state index contributed by atoms with van der Waals surface area (Å²) in [5.41, 5.74) is 1.45. The maximum absolute atomic E-state index is 13.0. The van der Waals surface area contributed by atoms with E-state index in [0.717, 1.165) is 17.8 Å². The molecule has 0 unspecified atom stereocenters. The second-order valence-electron chi connectivity index (χ2n) is 6.27. The topological polar surface area (TPSA) is 51.0 Å². The van der Waals surface area contributed by atoms with Crippen LogP contribution in [-0.4, -0.2) is 37.7 Å². The van der Waals surface area contributed by atoms with Crippen LogP contribution in [0, 0.1) is 0 Å². The predicted molar refractivity (Wildman–Crippen MR) is 92.3 cm³/mol. The third kappa shape index (κ3) is 3.44. The van der Waals surface area contributed by atoms with Gasteiger partial charge in [0.25, 0.3) is 5.91 Å². The van der Waals surface area contributed by atoms with Gasteiger partial charge >= 0.3 is 0 Å². The SMILES string of the molecule is CCc1nc(-c2ccccc2C(=O)N(C(C)C)C(C)C)nn1C. The minimum atomic E-state index is 0.0242. The molecule has 0 aliphatic heterocycles. The molecule has 5 nitrogen and oxygen atoms in total. The van der Waals surface area contributed by atoms with Crippen molar-refractivity contribution in [2.75, 3.05) is 0 Å². The van der Waals surface area contributed by atoms with Crippen molar-refractivity contribution in [1.82, 2.24) is 19.7 Å². The average Bonchev–Trinajstić information content (AvgIpc) is 2.87. The van der Waals surface area contributed by atoms with E-state index in [0.29, 0.717) is 11.4 Å². The fraction of sp³-hybridized carbons (Fsp3) is 0.500. The van der Waals surface area contributed by atoms with Gasteiger partial charge in [-0.1, -0.05) is 25.1 Å². The third-order valence-corrected chi connectivity index (χ3v) is 3.92. The smallest absolute Gasteiger partial charge is 0.255 e. The molecule has 5 heteroatoms. The van der Waals surface area contributed by atoms with Gasteiger partial charge in [-0.15, -0.1) is 0 Å². The third-order valence-electron chi connectivity index (χ3n) is 3.92. The van der Waals surface area contributed by atoms with E-state index < -0.39 is 0 Å². The molecule has 1 aromatic carbocycles. The summed E-state index contributed by atoms with van der Waals surface area (Å²) in [6, 6.07) is 7.86. The zero-order valence-electron chi connectivity index (χ0n) is 14.9. The summed E-state index contributed by atoms with van der Waals surface area (Å²) >= 11 is 0. The van der Waals surface area contributed by atoms with Gasteiger partial charge in [-0.2, -0.15) is 5.10 Å².